The minimum absolute atomic E-state index is 0.0136. The van der Waals surface area contributed by atoms with Gasteiger partial charge in [-0.2, -0.15) is 0 Å². The van der Waals surface area contributed by atoms with E-state index in [-0.39, 0.29) is 64.6 Å². The number of carbonyl (C=O) groups excluding carboxylic acids is 8. The van der Waals surface area contributed by atoms with Gasteiger partial charge < -0.3 is 38.7 Å². The van der Waals surface area contributed by atoms with Gasteiger partial charge in [-0.3, -0.25) is 48.6 Å². The van der Waals surface area contributed by atoms with Gasteiger partial charge in [0.1, 0.15) is 49.8 Å². The number of carbonyl (C=O) groups is 8. The molecule has 3 heterocycles. The van der Waals surface area contributed by atoms with Gasteiger partial charge in [-0.25, -0.2) is 21.1 Å². The molecule has 0 aromatic heterocycles. The Morgan fingerprint density at radius 1 is 0.744 bits per heavy atom. The monoisotopic (exact) mass is 1120 g/mol. The number of alkyl halides is 1. The van der Waals surface area contributed by atoms with Gasteiger partial charge in [-0.1, -0.05) is 120 Å². The normalized spacial score (nSPS) is 22.3. The fourth-order valence-corrected chi connectivity index (χ4v) is 14.5. The summed E-state index contributed by atoms with van der Waals surface area (Å²) >= 11 is 6.71. The predicted molar refractivity (Wildman–Crippen MR) is 290 cm³/mol. The van der Waals surface area contributed by atoms with E-state index in [2.05, 4.69) is 47.7 Å². The highest BCUT2D eigenvalue weighted by Crippen LogP contribution is 2.37. The summed E-state index contributed by atoms with van der Waals surface area (Å²) in [7, 11) is -0.754. The summed E-state index contributed by atoms with van der Waals surface area (Å²) in [6.45, 7) is 12.8. The van der Waals surface area contributed by atoms with E-state index in [1.165, 1.54) is 27.9 Å². The second-order valence-corrected chi connectivity index (χ2v) is 25.9. The summed E-state index contributed by atoms with van der Waals surface area (Å²) in [5, 5.41) is 9.38. The Bertz CT molecular complexity index is 2430. The van der Waals surface area contributed by atoms with Crippen LogP contribution in [0.1, 0.15) is 81.1 Å². The average molecular weight is 1130 g/mol. The summed E-state index contributed by atoms with van der Waals surface area (Å²) in [4.78, 5) is 112. The molecule has 22 nitrogen and oxygen atoms in total. The number of methoxy groups -OCH3 is 2. The molecule has 2 aromatic carbocycles. The van der Waals surface area contributed by atoms with Crippen LogP contribution >= 0.6 is 11.6 Å². The van der Waals surface area contributed by atoms with Crippen LogP contribution in [0.5, 0.6) is 0 Å². The molecule has 0 saturated carbocycles. The number of hydrazine groups is 3. The molecule has 8 atom stereocenters. The maximum Gasteiger partial charge on any atom is 0.333 e. The quantitative estimate of drug-likeness (QED) is 0.0214. The van der Waals surface area contributed by atoms with Crippen molar-refractivity contribution in [2.24, 2.45) is 5.92 Å². The molecule has 3 aliphatic heterocycles. The Morgan fingerprint density at radius 2 is 1.29 bits per heavy atom. The van der Waals surface area contributed by atoms with E-state index in [1.54, 1.807) is 18.2 Å². The summed E-state index contributed by atoms with van der Waals surface area (Å²) in [5.41, 5.74) is 7.07. The van der Waals surface area contributed by atoms with E-state index in [0.717, 1.165) is 32.5 Å². The van der Waals surface area contributed by atoms with Gasteiger partial charge >= 0.3 is 17.9 Å². The second kappa shape index (κ2) is 28.7. The largest absolute Gasteiger partial charge is 0.467 e. The number of benzene rings is 2. The predicted octanol–water partition coefficient (Wildman–Crippen LogP) is 1.66. The van der Waals surface area contributed by atoms with Crippen LogP contribution in [0, 0.1) is 5.92 Å². The lowest BCUT2D eigenvalue weighted by atomic mass is 9.98. The molecule has 3 fully saturated rings. The number of ether oxygens (including phenoxy) is 5. The van der Waals surface area contributed by atoms with E-state index in [0.29, 0.717) is 0 Å². The first-order valence-electron chi connectivity index (χ1n) is 26.0. The van der Waals surface area contributed by atoms with E-state index in [4.69, 9.17) is 39.7 Å². The van der Waals surface area contributed by atoms with Crippen molar-refractivity contribution in [3.8, 4) is 0 Å². The standard InChI is InChI=1S/C54H77ClN8O14Si/c1-35(2)20-14-11-19-25-43(50(69)63-46(26-38(55)29-56-63)51(70)62-45(28-40(31-58-62)77-37(4)65)49(68)60-54(8,52(71)73-10)33-74-34-72-9)59-48(67)44-27-39(76-36(3)64)30-57-61(44)47(66)32-75-78(53(5,6)7,41-21-15-12-16-22-41)42-23-17-13-18-24-42/h11-24,35,38-40,43-46,56-58H,25-34H2,1-10H3,(H,59,67)(H,60,68)/b19-11+,20-14+/t38-,39+,40-,43-,44+,45-,46+,54-/m0/s1. The third kappa shape index (κ3) is 16.3. The molecule has 3 saturated heterocycles. The fourth-order valence-electron chi connectivity index (χ4n) is 9.72. The molecule has 0 aliphatic carbocycles. The number of nitrogens with zero attached hydrogens (tertiary/aromatic N) is 3. The fraction of sp³-hybridized carbons (Fsp3) is 0.556. The smallest absolute Gasteiger partial charge is 0.333 e. The first-order chi connectivity index (χ1) is 37.0. The van der Waals surface area contributed by atoms with Crippen LogP contribution in [-0.4, -0.2) is 172 Å². The van der Waals surface area contributed by atoms with Crippen molar-refractivity contribution in [1.82, 2.24) is 41.9 Å². The minimum atomic E-state index is -3.26. The summed E-state index contributed by atoms with van der Waals surface area (Å²) in [6, 6.07) is 13.9. The van der Waals surface area contributed by atoms with Crippen LogP contribution in [0.2, 0.25) is 5.04 Å². The van der Waals surface area contributed by atoms with E-state index < -0.39 is 115 Å². The third-order valence-corrected chi connectivity index (χ3v) is 18.6. The minimum Gasteiger partial charge on any atom is -0.467 e. The highest BCUT2D eigenvalue weighted by molar-refractivity contribution is 6.99. The topological polar surface area (TPSA) is 262 Å². The maximum absolute atomic E-state index is 15.2. The zero-order valence-electron chi connectivity index (χ0n) is 46.2. The Balaban J connectivity index is 1.49. The number of amides is 5. The van der Waals surface area contributed by atoms with Crippen molar-refractivity contribution < 1.29 is 66.5 Å². The first-order valence-corrected chi connectivity index (χ1v) is 28.3. The number of halogens is 1. The van der Waals surface area contributed by atoms with Crippen molar-refractivity contribution in [3.63, 3.8) is 0 Å². The molecule has 0 bridgehead atoms. The van der Waals surface area contributed by atoms with E-state index in [9.17, 15) is 28.8 Å². The van der Waals surface area contributed by atoms with Gasteiger partial charge in [-0.05, 0) is 41.1 Å². The van der Waals surface area contributed by atoms with Crippen LogP contribution in [0.15, 0.2) is 85.0 Å². The summed E-state index contributed by atoms with van der Waals surface area (Å²) in [5.74, 6) is -5.75. The first kappa shape index (κ1) is 62.8. The number of hydrogen-bond donors (Lipinski definition) is 5. The molecular weight excluding hydrogens is 1050 g/mol. The number of esters is 3. The highest BCUT2D eigenvalue weighted by Gasteiger charge is 2.52. The lowest BCUT2D eigenvalue weighted by Crippen LogP contribution is -2.71. The van der Waals surface area contributed by atoms with Crippen molar-refractivity contribution in [1.29, 1.82) is 0 Å². The van der Waals surface area contributed by atoms with Gasteiger partial charge in [-0.15, -0.1) is 11.6 Å². The van der Waals surface area contributed by atoms with Crippen molar-refractivity contribution >= 4 is 77.7 Å². The average Bonchev–Trinajstić information content (AvgIpc) is 3.48. The van der Waals surface area contributed by atoms with E-state index in [1.807, 2.05) is 80.6 Å². The van der Waals surface area contributed by atoms with E-state index >= 15 is 9.59 Å². The van der Waals surface area contributed by atoms with Gasteiger partial charge in [0.15, 0.2) is 5.54 Å². The molecular formula is C54H77ClN8O14Si. The van der Waals surface area contributed by atoms with Crippen LogP contribution in [0.3, 0.4) is 0 Å². The van der Waals surface area contributed by atoms with Gasteiger partial charge in [0.25, 0.3) is 26.0 Å². The molecule has 0 spiro atoms. The SMILES string of the molecule is COCOC[C@](C)(NC(=O)[C@@H]1C[C@H](OC(C)=O)CNN1C(=O)[C@H]1C[C@H](Cl)CNN1C(=O)[C@H](C/C=C/C=C/C(C)C)NC(=O)[C@H]1C[C@@H](OC(C)=O)CNN1C(=O)CO[Si](c1ccccc1)(c1ccccc1)C(C)(C)C)C(=O)OC. The van der Waals surface area contributed by atoms with Gasteiger partial charge in [0.05, 0.1) is 32.2 Å². The van der Waals surface area contributed by atoms with Crippen LogP contribution in [-0.2, 0) is 66.5 Å². The molecule has 0 radical (unpaired) electrons. The summed E-state index contributed by atoms with van der Waals surface area (Å²) < 4.78 is 33.4. The Morgan fingerprint density at radius 3 is 1.82 bits per heavy atom. The van der Waals surface area contributed by atoms with Gasteiger partial charge in [0, 0.05) is 40.3 Å². The van der Waals surface area contributed by atoms with Crippen molar-refractivity contribution in [2.45, 2.75) is 133 Å². The summed E-state index contributed by atoms with van der Waals surface area (Å²) in [6.07, 6.45) is 4.74. The number of nitrogens with one attached hydrogen (secondary N) is 5. The lowest BCUT2D eigenvalue weighted by Gasteiger charge is -2.45. The van der Waals surface area contributed by atoms with Crippen molar-refractivity contribution in [3.05, 3.63) is 85.0 Å². The molecule has 3 aliphatic rings. The highest BCUT2D eigenvalue weighted by atomic mass is 35.5. The van der Waals surface area contributed by atoms with Gasteiger partial charge in [0.2, 0.25) is 11.8 Å². The zero-order valence-corrected chi connectivity index (χ0v) is 48.0. The molecule has 428 valence electrons. The molecule has 5 rings (SSSR count). The lowest BCUT2D eigenvalue weighted by molar-refractivity contribution is -0.167. The molecule has 78 heavy (non-hydrogen) atoms. The molecule has 5 N–H and O–H groups in total. The van der Waals surface area contributed by atoms with Crippen molar-refractivity contribution in [2.75, 3.05) is 53.9 Å². The Kier molecular flexibility index (Phi) is 23.1. The number of hydrogen-bond acceptors (Lipinski definition) is 17. The Hall–Kier alpha value is -6.05. The van der Waals surface area contributed by atoms with Crippen LogP contribution in [0.4, 0.5) is 0 Å². The molecule has 5 amide bonds. The van der Waals surface area contributed by atoms with Crippen LogP contribution < -0.4 is 37.3 Å². The number of rotatable bonds is 22. The zero-order chi connectivity index (χ0) is 57.4. The molecule has 0 unspecified atom stereocenters. The second-order valence-electron chi connectivity index (χ2n) is 21.0. The van der Waals surface area contributed by atoms with Crippen LogP contribution in [0.25, 0.3) is 0 Å². The molecule has 2 aromatic rings. The maximum atomic E-state index is 15.2. The Labute approximate surface area is 462 Å². The third-order valence-electron chi connectivity index (χ3n) is 13.3. The molecule has 24 heteroatoms. The number of allylic oxidation sites excluding steroid dienone is 3.